The highest BCUT2D eigenvalue weighted by molar-refractivity contribution is 9.11. The van der Waals surface area contributed by atoms with E-state index in [-0.39, 0.29) is 0 Å². The maximum Gasteiger partial charge on any atom is 0.140 e. The summed E-state index contributed by atoms with van der Waals surface area (Å²) in [6, 6.07) is 8.01. The Hall–Kier alpha value is -0.870. The molecule has 0 bridgehead atoms. The van der Waals surface area contributed by atoms with Gasteiger partial charge < -0.3 is 4.74 Å². The number of aromatic nitrogens is 1. The van der Waals surface area contributed by atoms with E-state index in [1.165, 1.54) is 5.56 Å². The third-order valence-electron chi connectivity index (χ3n) is 1.88. The Morgan fingerprint density at radius 1 is 1.47 bits per heavy atom. The van der Waals surface area contributed by atoms with Crippen LogP contribution in [0.2, 0.25) is 0 Å². The number of benzene rings is 1. The highest BCUT2D eigenvalue weighted by Crippen LogP contribution is 2.21. The van der Waals surface area contributed by atoms with E-state index < -0.39 is 0 Å². The third-order valence-corrected chi connectivity index (χ3v) is 3.33. The van der Waals surface area contributed by atoms with E-state index in [1.54, 1.807) is 17.5 Å². The van der Waals surface area contributed by atoms with Crippen LogP contribution < -0.4 is 4.74 Å². The van der Waals surface area contributed by atoms with E-state index in [0.29, 0.717) is 6.61 Å². The Morgan fingerprint density at radius 2 is 2.33 bits per heavy atom. The minimum absolute atomic E-state index is 0.528. The van der Waals surface area contributed by atoms with E-state index in [0.717, 1.165) is 14.5 Å². The number of thiazole rings is 1. The molecule has 78 valence electrons. The lowest BCUT2D eigenvalue weighted by molar-refractivity contribution is 0.305. The molecule has 1 aromatic carbocycles. The SMILES string of the molecule is Cc1cccc(OCc2ncc(Br)s2)c1. The zero-order chi connectivity index (χ0) is 10.7. The average Bonchev–Trinajstić information content (AvgIpc) is 2.62. The molecule has 0 saturated heterocycles. The van der Waals surface area contributed by atoms with Crippen molar-refractivity contribution in [2.45, 2.75) is 13.5 Å². The van der Waals surface area contributed by atoms with Gasteiger partial charge in [0.05, 0.1) is 9.98 Å². The molecule has 2 nitrogen and oxygen atoms in total. The van der Waals surface area contributed by atoms with Gasteiger partial charge in [-0.25, -0.2) is 4.98 Å². The summed E-state index contributed by atoms with van der Waals surface area (Å²) in [6.45, 7) is 2.58. The molecule has 0 saturated carbocycles. The van der Waals surface area contributed by atoms with Gasteiger partial charge in [-0.3, -0.25) is 0 Å². The summed E-state index contributed by atoms with van der Waals surface area (Å²) in [5.41, 5.74) is 1.20. The summed E-state index contributed by atoms with van der Waals surface area (Å²) in [4.78, 5) is 4.20. The average molecular weight is 284 g/mol. The summed E-state index contributed by atoms with van der Waals surface area (Å²) in [5.74, 6) is 0.890. The smallest absolute Gasteiger partial charge is 0.140 e. The van der Waals surface area contributed by atoms with Gasteiger partial charge in [0.1, 0.15) is 17.4 Å². The fourth-order valence-electron chi connectivity index (χ4n) is 1.20. The second-order valence-electron chi connectivity index (χ2n) is 3.16. The van der Waals surface area contributed by atoms with Crippen LogP contribution in [-0.4, -0.2) is 4.98 Å². The van der Waals surface area contributed by atoms with Gasteiger partial charge >= 0.3 is 0 Å². The van der Waals surface area contributed by atoms with Crippen LogP contribution in [0.25, 0.3) is 0 Å². The summed E-state index contributed by atoms with van der Waals surface area (Å²) in [6.07, 6.45) is 1.79. The number of rotatable bonds is 3. The van der Waals surface area contributed by atoms with E-state index >= 15 is 0 Å². The second kappa shape index (κ2) is 4.77. The van der Waals surface area contributed by atoms with Crippen molar-refractivity contribution in [2.75, 3.05) is 0 Å². The van der Waals surface area contributed by atoms with Crippen LogP contribution in [0.15, 0.2) is 34.2 Å². The number of hydrogen-bond acceptors (Lipinski definition) is 3. The van der Waals surface area contributed by atoms with Crippen molar-refractivity contribution in [1.29, 1.82) is 0 Å². The van der Waals surface area contributed by atoms with Gasteiger partial charge in [0.2, 0.25) is 0 Å². The molecule has 2 aromatic rings. The summed E-state index contributed by atoms with van der Waals surface area (Å²) >= 11 is 4.96. The fourth-order valence-corrected chi connectivity index (χ4v) is 2.42. The number of hydrogen-bond donors (Lipinski definition) is 0. The molecule has 0 aliphatic heterocycles. The van der Waals surface area contributed by atoms with E-state index in [2.05, 4.69) is 20.9 Å². The van der Waals surface area contributed by atoms with Gasteiger partial charge in [0.15, 0.2) is 0 Å². The van der Waals surface area contributed by atoms with Gasteiger partial charge in [-0.2, -0.15) is 0 Å². The molecule has 1 aromatic heterocycles. The Labute approximate surface area is 101 Å². The minimum atomic E-state index is 0.528. The van der Waals surface area contributed by atoms with Crippen molar-refractivity contribution >= 4 is 27.3 Å². The quantitative estimate of drug-likeness (QED) is 0.855. The molecule has 1 heterocycles. The maximum absolute atomic E-state index is 5.61. The number of nitrogens with zero attached hydrogens (tertiary/aromatic N) is 1. The highest BCUT2D eigenvalue weighted by Gasteiger charge is 2.00. The summed E-state index contributed by atoms with van der Waals surface area (Å²) in [7, 11) is 0. The normalized spacial score (nSPS) is 10.3. The molecule has 0 atom stereocenters. The van der Waals surface area contributed by atoms with E-state index in [1.807, 2.05) is 31.2 Å². The lowest BCUT2D eigenvalue weighted by atomic mass is 10.2. The summed E-state index contributed by atoms with van der Waals surface area (Å²) in [5, 5.41) is 0.975. The lowest BCUT2D eigenvalue weighted by Crippen LogP contribution is -1.94. The first-order valence-electron chi connectivity index (χ1n) is 4.54. The first kappa shape index (κ1) is 10.6. The van der Waals surface area contributed by atoms with Crippen LogP contribution >= 0.6 is 27.3 Å². The first-order valence-corrected chi connectivity index (χ1v) is 6.14. The number of aryl methyl sites for hydroxylation is 1. The zero-order valence-electron chi connectivity index (χ0n) is 8.24. The monoisotopic (exact) mass is 283 g/mol. The zero-order valence-corrected chi connectivity index (χ0v) is 10.6. The molecule has 0 N–H and O–H groups in total. The largest absolute Gasteiger partial charge is 0.486 e. The summed E-state index contributed by atoms with van der Waals surface area (Å²) < 4.78 is 6.65. The van der Waals surface area contributed by atoms with Gasteiger partial charge in [0.25, 0.3) is 0 Å². The minimum Gasteiger partial charge on any atom is -0.486 e. The predicted molar refractivity (Wildman–Crippen MR) is 65.3 cm³/mol. The second-order valence-corrected chi connectivity index (χ2v) is 5.66. The first-order chi connectivity index (χ1) is 7.24. The van der Waals surface area contributed by atoms with E-state index in [4.69, 9.17) is 4.74 Å². The molecule has 0 unspecified atom stereocenters. The molecule has 0 fully saturated rings. The molecule has 0 radical (unpaired) electrons. The maximum atomic E-state index is 5.61. The Kier molecular flexibility index (Phi) is 3.38. The molecular weight excluding hydrogens is 274 g/mol. The highest BCUT2D eigenvalue weighted by atomic mass is 79.9. The van der Waals surface area contributed by atoms with Gasteiger partial charge in [-0.05, 0) is 40.5 Å². The standard InChI is InChI=1S/C11H10BrNOS/c1-8-3-2-4-9(5-8)14-7-11-13-6-10(12)15-11/h2-6H,7H2,1H3. The molecule has 0 spiro atoms. The van der Waals surface area contributed by atoms with Crippen molar-refractivity contribution in [3.05, 3.63) is 44.8 Å². The molecule has 4 heteroatoms. The van der Waals surface area contributed by atoms with Gasteiger partial charge in [-0.1, -0.05) is 12.1 Å². The molecule has 0 aliphatic rings. The van der Waals surface area contributed by atoms with Crippen molar-refractivity contribution < 1.29 is 4.74 Å². The lowest BCUT2D eigenvalue weighted by Gasteiger charge is -2.04. The fraction of sp³-hybridized carbons (Fsp3) is 0.182. The Morgan fingerprint density at radius 3 is 3.00 bits per heavy atom. The van der Waals surface area contributed by atoms with Crippen LogP contribution in [0.4, 0.5) is 0 Å². The molecular formula is C11H10BrNOS. The number of halogens is 1. The number of ether oxygens (including phenoxy) is 1. The molecule has 0 aliphatic carbocycles. The van der Waals surface area contributed by atoms with Crippen molar-refractivity contribution in [1.82, 2.24) is 4.98 Å². The third kappa shape index (κ3) is 3.04. The van der Waals surface area contributed by atoms with E-state index in [9.17, 15) is 0 Å². The van der Waals surface area contributed by atoms with Crippen LogP contribution in [0.5, 0.6) is 5.75 Å². The van der Waals surface area contributed by atoms with Gasteiger partial charge in [-0.15, -0.1) is 11.3 Å². The predicted octanol–water partition coefficient (Wildman–Crippen LogP) is 3.79. The van der Waals surface area contributed by atoms with Crippen molar-refractivity contribution in [2.24, 2.45) is 0 Å². The Bertz CT molecular complexity index is 455. The molecule has 0 amide bonds. The van der Waals surface area contributed by atoms with Crippen molar-refractivity contribution in [3.8, 4) is 5.75 Å². The van der Waals surface area contributed by atoms with Crippen molar-refractivity contribution in [3.63, 3.8) is 0 Å². The van der Waals surface area contributed by atoms with Crippen LogP contribution in [-0.2, 0) is 6.61 Å². The van der Waals surface area contributed by atoms with Crippen LogP contribution in [0, 0.1) is 6.92 Å². The molecule has 2 rings (SSSR count). The van der Waals surface area contributed by atoms with Gasteiger partial charge in [0, 0.05) is 0 Å². The van der Waals surface area contributed by atoms with Crippen LogP contribution in [0.3, 0.4) is 0 Å². The topological polar surface area (TPSA) is 22.1 Å². The molecule has 15 heavy (non-hydrogen) atoms. The Balaban J connectivity index is 1.99. The van der Waals surface area contributed by atoms with Crippen LogP contribution in [0.1, 0.15) is 10.6 Å².